The van der Waals surface area contributed by atoms with Gasteiger partial charge in [-0.25, -0.2) is 9.37 Å². The monoisotopic (exact) mass is 177 g/mol. The molecule has 0 bridgehead atoms. The maximum atomic E-state index is 12.8. The van der Waals surface area contributed by atoms with Crippen LogP contribution in [0.3, 0.4) is 0 Å². The Hall–Kier alpha value is -1.71. The highest BCUT2D eigenvalue weighted by Gasteiger charge is 2.02. The van der Waals surface area contributed by atoms with Crippen LogP contribution in [0.4, 0.5) is 4.39 Å². The molecule has 1 N–H and O–H groups in total. The molecule has 13 heavy (non-hydrogen) atoms. The number of hydrogen-bond donors (Lipinski definition) is 1. The van der Waals surface area contributed by atoms with Crippen molar-refractivity contribution in [2.45, 2.75) is 6.92 Å². The first kappa shape index (κ1) is 7.91. The van der Waals surface area contributed by atoms with Gasteiger partial charge in [-0.05, 0) is 13.0 Å². The smallest absolute Gasteiger partial charge is 0.142 e. The molecular formula is C9H8FN3. The summed E-state index contributed by atoms with van der Waals surface area (Å²) in [5, 5.41) is 0. The standard InChI is InChI=1S/C9H8FN3/c1-6-3-12-9(13-6)7-2-8(10)5-11-4-7/h2-5H,1H3,(H,12,13). The zero-order chi connectivity index (χ0) is 9.26. The van der Waals surface area contributed by atoms with E-state index in [0.717, 1.165) is 5.69 Å². The number of pyridine rings is 1. The van der Waals surface area contributed by atoms with Crippen molar-refractivity contribution in [2.24, 2.45) is 0 Å². The number of nitrogens with zero attached hydrogens (tertiary/aromatic N) is 2. The number of halogens is 1. The molecule has 0 aliphatic heterocycles. The molecule has 0 atom stereocenters. The molecule has 3 nitrogen and oxygen atoms in total. The molecule has 0 aliphatic carbocycles. The van der Waals surface area contributed by atoms with Gasteiger partial charge in [-0.3, -0.25) is 4.98 Å². The van der Waals surface area contributed by atoms with Crippen molar-refractivity contribution in [1.29, 1.82) is 0 Å². The molecule has 0 aromatic carbocycles. The molecule has 0 radical (unpaired) electrons. The summed E-state index contributed by atoms with van der Waals surface area (Å²) in [4.78, 5) is 10.8. The van der Waals surface area contributed by atoms with Crippen molar-refractivity contribution in [3.63, 3.8) is 0 Å². The Balaban J connectivity index is 2.46. The van der Waals surface area contributed by atoms with Crippen LogP contribution in [0.2, 0.25) is 0 Å². The Morgan fingerprint density at radius 2 is 2.15 bits per heavy atom. The average Bonchev–Trinajstić information content (AvgIpc) is 2.52. The fraction of sp³-hybridized carbons (Fsp3) is 0.111. The van der Waals surface area contributed by atoms with Crippen LogP contribution < -0.4 is 0 Å². The lowest BCUT2D eigenvalue weighted by molar-refractivity contribution is 0.622. The molecule has 0 saturated carbocycles. The summed E-state index contributed by atoms with van der Waals surface area (Å²) in [6.45, 7) is 1.89. The quantitative estimate of drug-likeness (QED) is 0.723. The van der Waals surface area contributed by atoms with E-state index in [2.05, 4.69) is 15.0 Å². The number of rotatable bonds is 1. The summed E-state index contributed by atoms with van der Waals surface area (Å²) in [6.07, 6.45) is 4.43. The largest absolute Gasteiger partial charge is 0.342 e. The van der Waals surface area contributed by atoms with Crippen molar-refractivity contribution in [1.82, 2.24) is 15.0 Å². The lowest BCUT2D eigenvalue weighted by atomic mass is 10.3. The van der Waals surface area contributed by atoms with Gasteiger partial charge >= 0.3 is 0 Å². The molecule has 2 aromatic rings. The molecule has 0 saturated heterocycles. The second-order valence-corrected chi connectivity index (χ2v) is 2.81. The first-order valence-electron chi connectivity index (χ1n) is 3.88. The molecule has 0 aliphatic rings. The molecule has 0 amide bonds. The third-order valence-electron chi connectivity index (χ3n) is 1.68. The van der Waals surface area contributed by atoms with Gasteiger partial charge in [0.25, 0.3) is 0 Å². The van der Waals surface area contributed by atoms with Crippen LogP contribution in [0, 0.1) is 12.7 Å². The fourth-order valence-electron chi connectivity index (χ4n) is 1.10. The van der Waals surface area contributed by atoms with E-state index >= 15 is 0 Å². The highest BCUT2D eigenvalue weighted by Crippen LogP contribution is 2.14. The Bertz CT molecular complexity index is 422. The minimum Gasteiger partial charge on any atom is -0.342 e. The molecule has 4 heteroatoms. The zero-order valence-corrected chi connectivity index (χ0v) is 7.08. The number of H-pyrrole nitrogens is 1. The van der Waals surface area contributed by atoms with Crippen molar-refractivity contribution >= 4 is 0 Å². The highest BCUT2D eigenvalue weighted by molar-refractivity contribution is 5.53. The van der Waals surface area contributed by atoms with E-state index in [1.54, 1.807) is 12.4 Å². The van der Waals surface area contributed by atoms with E-state index in [1.165, 1.54) is 12.3 Å². The number of aryl methyl sites for hydroxylation is 1. The highest BCUT2D eigenvalue weighted by atomic mass is 19.1. The van der Waals surface area contributed by atoms with Crippen LogP contribution >= 0.6 is 0 Å². The zero-order valence-electron chi connectivity index (χ0n) is 7.08. The third kappa shape index (κ3) is 1.56. The summed E-state index contributed by atoms with van der Waals surface area (Å²) in [7, 11) is 0. The van der Waals surface area contributed by atoms with Crippen LogP contribution in [0.15, 0.2) is 24.7 Å². The Morgan fingerprint density at radius 3 is 2.77 bits per heavy atom. The second-order valence-electron chi connectivity index (χ2n) is 2.81. The van der Waals surface area contributed by atoms with Gasteiger partial charge in [0, 0.05) is 23.7 Å². The van der Waals surface area contributed by atoms with Crippen LogP contribution in [-0.2, 0) is 0 Å². The lowest BCUT2D eigenvalue weighted by Gasteiger charge is -1.94. The van der Waals surface area contributed by atoms with Crippen LogP contribution in [-0.4, -0.2) is 15.0 Å². The van der Waals surface area contributed by atoms with Gasteiger partial charge < -0.3 is 4.98 Å². The maximum absolute atomic E-state index is 12.8. The van der Waals surface area contributed by atoms with Crippen molar-refractivity contribution in [3.05, 3.63) is 36.2 Å². The fourth-order valence-corrected chi connectivity index (χ4v) is 1.10. The maximum Gasteiger partial charge on any atom is 0.142 e. The number of aromatic nitrogens is 3. The number of hydrogen-bond acceptors (Lipinski definition) is 2. The predicted molar refractivity (Wildman–Crippen MR) is 46.5 cm³/mol. The molecule has 0 fully saturated rings. The molecular weight excluding hydrogens is 169 g/mol. The summed E-state index contributed by atoms with van der Waals surface area (Å²) in [5.41, 5.74) is 1.60. The van der Waals surface area contributed by atoms with Crippen LogP contribution in [0.25, 0.3) is 11.4 Å². The Kier molecular flexibility index (Phi) is 1.81. The summed E-state index contributed by atoms with van der Waals surface area (Å²) in [6, 6.07) is 1.39. The van der Waals surface area contributed by atoms with Crippen LogP contribution in [0.5, 0.6) is 0 Å². The second kappa shape index (κ2) is 2.97. The van der Waals surface area contributed by atoms with Gasteiger partial charge in [0.1, 0.15) is 11.6 Å². The summed E-state index contributed by atoms with van der Waals surface area (Å²) < 4.78 is 12.8. The van der Waals surface area contributed by atoms with E-state index in [1.807, 2.05) is 6.92 Å². The van der Waals surface area contributed by atoms with E-state index in [9.17, 15) is 4.39 Å². The number of imidazole rings is 1. The molecule has 0 unspecified atom stereocenters. The molecule has 0 spiro atoms. The first-order chi connectivity index (χ1) is 6.25. The molecule has 2 heterocycles. The normalized spacial score (nSPS) is 10.3. The van der Waals surface area contributed by atoms with E-state index in [0.29, 0.717) is 11.4 Å². The van der Waals surface area contributed by atoms with Gasteiger partial charge in [0.15, 0.2) is 0 Å². The summed E-state index contributed by atoms with van der Waals surface area (Å²) >= 11 is 0. The predicted octanol–water partition coefficient (Wildman–Crippen LogP) is 1.92. The SMILES string of the molecule is Cc1cnc(-c2cncc(F)c2)[nH]1. The van der Waals surface area contributed by atoms with E-state index < -0.39 is 0 Å². The van der Waals surface area contributed by atoms with Gasteiger partial charge in [-0.15, -0.1) is 0 Å². The molecule has 66 valence electrons. The molecule has 2 aromatic heterocycles. The average molecular weight is 177 g/mol. The first-order valence-corrected chi connectivity index (χ1v) is 3.88. The number of aromatic amines is 1. The molecule has 2 rings (SSSR count). The minimum absolute atomic E-state index is 0.355. The number of nitrogens with one attached hydrogen (secondary N) is 1. The van der Waals surface area contributed by atoms with Crippen molar-refractivity contribution in [2.75, 3.05) is 0 Å². The van der Waals surface area contributed by atoms with E-state index in [4.69, 9.17) is 0 Å². The van der Waals surface area contributed by atoms with Gasteiger partial charge in [-0.2, -0.15) is 0 Å². The Labute approximate surface area is 74.7 Å². The van der Waals surface area contributed by atoms with E-state index in [-0.39, 0.29) is 5.82 Å². The van der Waals surface area contributed by atoms with Crippen LogP contribution in [0.1, 0.15) is 5.69 Å². The summed E-state index contributed by atoms with van der Waals surface area (Å²) in [5.74, 6) is 0.288. The topological polar surface area (TPSA) is 41.6 Å². The van der Waals surface area contributed by atoms with Crippen molar-refractivity contribution < 1.29 is 4.39 Å². The third-order valence-corrected chi connectivity index (χ3v) is 1.68. The van der Waals surface area contributed by atoms with Gasteiger partial charge in [-0.1, -0.05) is 0 Å². The minimum atomic E-state index is -0.355. The lowest BCUT2D eigenvalue weighted by Crippen LogP contribution is -1.84. The van der Waals surface area contributed by atoms with Gasteiger partial charge in [0.05, 0.1) is 6.20 Å². The Morgan fingerprint density at radius 1 is 1.31 bits per heavy atom. The van der Waals surface area contributed by atoms with Gasteiger partial charge in [0.2, 0.25) is 0 Å². The van der Waals surface area contributed by atoms with Crippen molar-refractivity contribution in [3.8, 4) is 11.4 Å².